The fourth-order valence-corrected chi connectivity index (χ4v) is 9.56. The van der Waals surface area contributed by atoms with Gasteiger partial charge in [-0.2, -0.15) is 0 Å². The fourth-order valence-electron chi connectivity index (χ4n) is 9.56. The average Bonchev–Trinajstić information content (AvgIpc) is 2.88. The molecule has 0 aromatic heterocycles. The third-order valence-electron chi connectivity index (χ3n) is 11.5. The van der Waals surface area contributed by atoms with Crippen molar-refractivity contribution >= 4 is 0 Å². The highest BCUT2D eigenvalue weighted by Crippen LogP contribution is 2.72. The van der Waals surface area contributed by atoms with Gasteiger partial charge in [-0.15, -0.1) is 0 Å². The highest BCUT2D eigenvalue weighted by Gasteiger charge is 2.65. The minimum absolute atomic E-state index is 0.0222. The van der Waals surface area contributed by atoms with Gasteiger partial charge in [0.05, 0.1) is 6.10 Å². The molecule has 0 spiro atoms. The second kappa shape index (κ2) is 7.75. The first-order valence-corrected chi connectivity index (χ1v) is 13.4. The summed E-state index contributed by atoms with van der Waals surface area (Å²) in [5.41, 5.74) is 5.99. The van der Waals surface area contributed by atoms with Crippen molar-refractivity contribution in [2.45, 2.75) is 126 Å². The molecule has 1 nitrogen and oxygen atoms in total. The molecule has 0 aliphatic heterocycles. The van der Waals surface area contributed by atoms with Gasteiger partial charge >= 0.3 is 0 Å². The van der Waals surface area contributed by atoms with Gasteiger partial charge in [0.1, 0.15) is 0 Å². The van der Waals surface area contributed by atoms with Gasteiger partial charge in [-0.3, -0.25) is 0 Å². The van der Waals surface area contributed by atoms with Crippen LogP contribution in [0.25, 0.3) is 0 Å². The molecule has 0 aromatic carbocycles. The summed E-state index contributed by atoms with van der Waals surface area (Å²) in [5, 5.41) is 11.7. The van der Waals surface area contributed by atoms with Crippen molar-refractivity contribution in [2.75, 3.05) is 0 Å². The second-order valence-corrected chi connectivity index (χ2v) is 13.6. The minimum Gasteiger partial charge on any atom is -0.392 e. The third kappa shape index (κ3) is 3.34. The monoisotopic (exact) mass is 426 g/mol. The lowest BCUT2D eigenvalue weighted by molar-refractivity contribution is -0.0421. The van der Waals surface area contributed by atoms with E-state index in [9.17, 15) is 5.11 Å². The Morgan fingerprint density at radius 1 is 1.03 bits per heavy atom. The lowest BCUT2D eigenvalue weighted by Gasteiger charge is -2.61. The third-order valence-corrected chi connectivity index (χ3v) is 11.5. The zero-order valence-corrected chi connectivity index (χ0v) is 21.9. The van der Waals surface area contributed by atoms with Gasteiger partial charge in [-0.25, -0.2) is 0 Å². The lowest BCUT2D eigenvalue weighted by Crippen LogP contribution is -2.53. The Morgan fingerprint density at radius 2 is 1.74 bits per heavy atom. The molecule has 2 fully saturated rings. The lowest BCUT2D eigenvalue weighted by atomic mass is 9.43. The van der Waals surface area contributed by atoms with Crippen LogP contribution in [0.4, 0.5) is 0 Å². The van der Waals surface area contributed by atoms with Gasteiger partial charge in [0.25, 0.3) is 0 Å². The normalized spacial score (nSPS) is 44.9. The maximum absolute atomic E-state index is 11.7. The predicted molar refractivity (Wildman–Crippen MR) is 133 cm³/mol. The van der Waals surface area contributed by atoms with E-state index in [4.69, 9.17) is 0 Å². The number of rotatable bonds is 4. The molecule has 4 aliphatic carbocycles. The molecule has 1 N–H and O–H groups in total. The van der Waals surface area contributed by atoms with Crippen molar-refractivity contribution in [1.29, 1.82) is 0 Å². The van der Waals surface area contributed by atoms with E-state index in [1.165, 1.54) is 63.4 Å². The highest BCUT2D eigenvalue weighted by atomic mass is 16.3. The molecule has 1 heteroatoms. The van der Waals surface area contributed by atoms with Gasteiger partial charge in [-0.05, 0) is 106 Å². The van der Waals surface area contributed by atoms with Crippen LogP contribution in [0.2, 0.25) is 0 Å². The van der Waals surface area contributed by atoms with Crippen LogP contribution < -0.4 is 0 Å². The molecule has 7 atom stereocenters. The summed E-state index contributed by atoms with van der Waals surface area (Å²) in [6, 6.07) is 0. The molecule has 0 saturated heterocycles. The Hall–Kier alpha value is -0.560. The topological polar surface area (TPSA) is 20.2 Å². The molecule has 176 valence electrons. The van der Waals surface area contributed by atoms with E-state index in [0.29, 0.717) is 22.7 Å². The van der Waals surface area contributed by atoms with Crippen molar-refractivity contribution in [2.24, 2.45) is 39.4 Å². The number of fused-ring (bicyclic) bond motifs is 4. The minimum atomic E-state index is -0.171. The van der Waals surface area contributed by atoms with Crippen molar-refractivity contribution in [3.05, 3.63) is 22.8 Å². The average molecular weight is 427 g/mol. The largest absolute Gasteiger partial charge is 0.392 e. The molecular weight excluding hydrogens is 376 g/mol. The molecule has 2 saturated carbocycles. The molecule has 0 bridgehead atoms. The number of hydrogen-bond donors (Lipinski definition) is 1. The summed E-state index contributed by atoms with van der Waals surface area (Å²) >= 11 is 0. The van der Waals surface area contributed by atoms with Gasteiger partial charge in [0.2, 0.25) is 0 Å². The quantitative estimate of drug-likeness (QED) is 0.447. The van der Waals surface area contributed by atoms with Crippen LogP contribution in [0.3, 0.4) is 0 Å². The van der Waals surface area contributed by atoms with E-state index in [-0.39, 0.29) is 16.9 Å². The van der Waals surface area contributed by atoms with Crippen molar-refractivity contribution in [3.8, 4) is 0 Å². The first-order chi connectivity index (χ1) is 14.4. The molecule has 2 unspecified atom stereocenters. The SMILES string of the molecule is CC(C)=CCC[C@@H](C)[C@H]1CC(O)[C@@]2(C)C3=C(CC[C@]12C)[C@@]1(C)CCCC(C)(C)C1CC3. The van der Waals surface area contributed by atoms with E-state index < -0.39 is 0 Å². The summed E-state index contributed by atoms with van der Waals surface area (Å²) < 4.78 is 0. The molecule has 31 heavy (non-hydrogen) atoms. The number of hydrogen-bond acceptors (Lipinski definition) is 1. The fraction of sp³-hybridized carbons (Fsp3) is 0.867. The standard InChI is InChI=1S/C30H50O/c1-20(2)11-9-12-21(3)24-19-26(31)30(8)23-13-14-25-27(4,5)16-10-17-28(25,6)22(23)15-18-29(24,30)7/h11,21,24-26,31H,9-10,12-19H2,1-8H3/t21-,24-,25?,26?,28-,29-,30-/m1/s1. The number of allylic oxidation sites excluding steroid dienone is 3. The van der Waals surface area contributed by atoms with E-state index >= 15 is 0 Å². The van der Waals surface area contributed by atoms with Crippen molar-refractivity contribution < 1.29 is 5.11 Å². The van der Waals surface area contributed by atoms with Crippen LogP contribution in [-0.4, -0.2) is 11.2 Å². The smallest absolute Gasteiger partial charge is 0.0639 e. The van der Waals surface area contributed by atoms with Crippen LogP contribution >= 0.6 is 0 Å². The maximum atomic E-state index is 11.7. The summed E-state index contributed by atoms with van der Waals surface area (Å²) in [4.78, 5) is 0. The summed E-state index contributed by atoms with van der Waals surface area (Å²) in [6.45, 7) is 19.6. The van der Waals surface area contributed by atoms with Gasteiger partial charge in [-0.1, -0.05) is 70.8 Å². The van der Waals surface area contributed by atoms with Crippen LogP contribution in [0, 0.1) is 39.4 Å². The van der Waals surface area contributed by atoms with E-state index in [0.717, 1.165) is 12.3 Å². The number of aliphatic hydroxyl groups is 1. The Bertz CT molecular complexity index is 767. The molecule has 0 amide bonds. The van der Waals surface area contributed by atoms with E-state index in [1.54, 1.807) is 11.1 Å². The first-order valence-electron chi connectivity index (χ1n) is 13.4. The van der Waals surface area contributed by atoms with Crippen LogP contribution in [0.5, 0.6) is 0 Å². The zero-order chi connectivity index (χ0) is 22.8. The van der Waals surface area contributed by atoms with Gasteiger partial charge < -0.3 is 5.11 Å². The highest BCUT2D eigenvalue weighted by molar-refractivity contribution is 5.39. The van der Waals surface area contributed by atoms with Crippen LogP contribution in [0.1, 0.15) is 120 Å². The Morgan fingerprint density at radius 3 is 2.42 bits per heavy atom. The summed E-state index contributed by atoms with van der Waals surface area (Å²) in [5.74, 6) is 2.14. The second-order valence-electron chi connectivity index (χ2n) is 13.6. The van der Waals surface area contributed by atoms with E-state index in [2.05, 4.69) is 61.5 Å². The van der Waals surface area contributed by atoms with Crippen molar-refractivity contribution in [3.63, 3.8) is 0 Å². The molecule has 4 rings (SSSR count). The Balaban J connectivity index is 1.69. The molecular formula is C30H50O. The molecule has 0 heterocycles. The molecule has 4 aliphatic rings. The summed E-state index contributed by atoms with van der Waals surface area (Å²) in [7, 11) is 0. The molecule has 0 aromatic rings. The van der Waals surface area contributed by atoms with Gasteiger partial charge in [0, 0.05) is 5.41 Å². The van der Waals surface area contributed by atoms with Gasteiger partial charge in [0.15, 0.2) is 0 Å². The van der Waals surface area contributed by atoms with Crippen LogP contribution in [0.15, 0.2) is 22.8 Å². The Kier molecular flexibility index (Phi) is 5.90. The van der Waals surface area contributed by atoms with Crippen molar-refractivity contribution in [1.82, 2.24) is 0 Å². The zero-order valence-electron chi connectivity index (χ0n) is 21.9. The number of aliphatic hydroxyl groups excluding tert-OH is 1. The predicted octanol–water partition coefficient (Wildman–Crippen LogP) is 8.48. The van der Waals surface area contributed by atoms with E-state index in [1.807, 2.05) is 0 Å². The molecule has 0 radical (unpaired) electrons. The van der Waals surface area contributed by atoms with Crippen LogP contribution in [-0.2, 0) is 0 Å². The summed E-state index contributed by atoms with van der Waals surface area (Å²) in [6.07, 6.45) is 14.9. The maximum Gasteiger partial charge on any atom is 0.0639 e. The Labute approximate surface area is 193 Å². The first kappa shape index (κ1) is 23.6.